The van der Waals surface area contributed by atoms with Crippen LogP contribution in [0.1, 0.15) is 19.3 Å². The first kappa shape index (κ1) is 23.7. The number of morpholine rings is 1. The number of carbonyl (C=O) groups is 1. The Morgan fingerprint density at radius 1 is 1.29 bits per heavy atom. The lowest BCUT2D eigenvalue weighted by Crippen LogP contribution is -2.38. The summed E-state index contributed by atoms with van der Waals surface area (Å²) in [5, 5.41) is 13.4. The maximum Gasteiger partial charge on any atom is 0.323 e. The minimum absolute atomic E-state index is 0.121. The zero-order valence-corrected chi connectivity index (χ0v) is 18.5. The highest BCUT2D eigenvalue weighted by molar-refractivity contribution is 7.22. The highest BCUT2D eigenvalue weighted by atomic mass is 32.1. The molecule has 172 valence electrons. The van der Waals surface area contributed by atoms with Crippen LogP contribution in [0.25, 0.3) is 10.2 Å². The number of nitrogens with zero attached hydrogens (tertiary/aromatic N) is 3. The first-order chi connectivity index (χ1) is 15.1. The molecule has 3 saturated heterocycles. The van der Waals surface area contributed by atoms with E-state index in [2.05, 4.69) is 20.6 Å². The molecule has 9 nitrogen and oxygen atoms in total. The summed E-state index contributed by atoms with van der Waals surface area (Å²) in [7, 11) is 1.00. The van der Waals surface area contributed by atoms with Crippen molar-refractivity contribution in [3.8, 4) is 0 Å². The molecule has 0 aliphatic carbocycles. The maximum atomic E-state index is 13.1. The van der Waals surface area contributed by atoms with E-state index in [1.165, 1.54) is 23.6 Å². The second-order valence-corrected chi connectivity index (χ2v) is 8.64. The number of ether oxygens (including phenoxy) is 2. The van der Waals surface area contributed by atoms with E-state index >= 15 is 0 Å². The first-order valence-corrected chi connectivity index (χ1v) is 11.2. The molecule has 2 amide bonds. The monoisotopic (exact) mass is 455 g/mol. The van der Waals surface area contributed by atoms with Crippen molar-refractivity contribution in [1.82, 2.24) is 20.2 Å². The largest absolute Gasteiger partial charge is 0.400 e. The molecule has 0 unspecified atom stereocenters. The number of aromatic nitrogens is 2. The maximum absolute atomic E-state index is 13.1. The van der Waals surface area contributed by atoms with Gasteiger partial charge in [-0.15, -0.1) is 0 Å². The number of likely N-dealkylation sites (tertiary alicyclic amines) is 1. The van der Waals surface area contributed by atoms with Gasteiger partial charge in [0.25, 0.3) is 0 Å². The van der Waals surface area contributed by atoms with Gasteiger partial charge in [-0.2, -0.15) is 4.39 Å². The number of urea groups is 1. The third-order valence-electron chi connectivity index (χ3n) is 5.43. The number of fused-ring (bicyclic) bond motifs is 1. The lowest BCUT2D eigenvalue weighted by atomic mass is 9.82. The lowest BCUT2D eigenvalue weighted by molar-refractivity contribution is -0.000213. The Morgan fingerprint density at radius 3 is 2.74 bits per heavy atom. The Balaban J connectivity index is 0.000000291. The van der Waals surface area contributed by atoms with Gasteiger partial charge in [0.2, 0.25) is 5.95 Å². The van der Waals surface area contributed by atoms with E-state index in [0.29, 0.717) is 15.3 Å². The molecule has 0 bridgehead atoms. The third-order valence-corrected chi connectivity index (χ3v) is 6.36. The van der Waals surface area contributed by atoms with E-state index in [4.69, 9.17) is 14.6 Å². The van der Waals surface area contributed by atoms with Gasteiger partial charge >= 0.3 is 6.03 Å². The van der Waals surface area contributed by atoms with Crippen LogP contribution in [0.5, 0.6) is 0 Å². The molecule has 3 aliphatic rings. The topological polar surface area (TPSA) is 109 Å². The van der Waals surface area contributed by atoms with Crippen molar-refractivity contribution in [1.29, 1.82) is 0 Å². The minimum Gasteiger partial charge on any atom is -0.400 e. The normalized spacial score (nSPS) is 23.0. The lowest BCUT2D eigenvalue weighted by Gasteiger charge is -2.32. The number of hydrogen-bond acceptors (Lipinski definition) is 8. The van der Waals surface area contributed by atoms with E-state index in [9.17, 15) is 9.18 Å². The molecule has 0 radical (unpaired) electrons. The molecule has 5 rings (SSSR count). The SMILES string of the molecule is C1COCCN1.CO.O=C(Nc1nc2cnc(F)cc2s1)N1CC[C@]2(CCCOC2)C1. The number of carbonyl (C=O) groups excluding carboxylic acids is 1. The Labute approximate surface area is 185 Å². The van der Waals surface area contributed by atoms with Crippen LogP contribution in [0.2, 0.25) is 0 Å². The quantitative estimate of drug-likeness (QED) is 0.565. The highest BCUT2D eigenvalue weighted by Gasteiger charge is 2.41. The number of aliphatic hydroxyl groups is 1. The average Bonchev–Trinajstić information content (AvgIpc) is 3.41. The fourth-order valence-corrected chi connectivity index (χ4v) is 4.74. The van der Waals surface area contributed by atoms with Crippen molar-refractivity contribution in [3.05, 3.63) is 18.2 Å². The minimum atomic E-state index is -0.544. The van der Waals surface area contributed by atoms with Crippen molar-refractivity contribution in [3.63, 3.8) is 0 Å². The highest BCUT2D eigenvalue weighted by Crippen LogP contribution is 2.38. The van der Waals surface area contributed by atoms with Crippen molar-refractivity contribution in [2.45, 2.75) is 19.3 Å². The predicted octanol–water partition coefficient (Wildman–Crippen LogP) is 2.08. The van der Waals surface area contributed by atoms with Crippen LogP contribution in [-0.2, 0) is 9.47 Å². The second kappa shape index (κ2) is 11.6. The van der Waals surface area contributed by atoms with Crippen LogP contribution >= 0.6 is 11.3 Å². The molecule has 1 spiro atoms. The Bertz CT molecular complexity index is 831. The fraction of sp³-hybridized carbons (Fsp3) is 0.650. The second-order valence-electron chi connectivity index (χ2n) is 7.61. The zero-order chi connectivity index (χ0) is 22.1. The number of halogens is 1. The van der Waals surface area contributed by atoms with E-state index in [-0.39, 0.29) is 11.4 Å². The molecule has 0 aromatic carbocycles. The van der Waals surface area contributed by atoms with Gasteiger partial charge in [0.1, 0.15) is 5.52 Å². The number of anilines is 1. The van der Waals surface area contributed by atoms with Crippen LogP contribution in [0, 0.1) is 11.4 Å². The Kier molecular flexibility index (Phi) is 8.90. The van der Waals surface area contributed by atoms with Gasteiger partial charge in [-0.05, 0) is 19.3 Å². The molecule has 31 heavy (non-hydrogen) atoms. The molecule has 3 N–H and O–H groups in total. The van der Waals surface area contributed by atoms with E-state index in [0.717, 1.165) is 79.0 Å². The summed E-state index contributed by atoms with van der Waals surface area (Å²) in [6.45, 7) is 6.85. The summed E-state index contributed by atoms with van der Waals surface area (Å²) in [4.78, 5) is 22.1. The number of pyridine rings is 1. The summed E-state index contributed by atoms with van der Waals surface area (Å²) in [6, 6.07) is 1.17. The molecule has 0 saturated carbocycles. The predicted molar refractivity (Wildman–Crippen MR) is 117 cm³/mol. The average molecular weight is 456 g/mol. The summed E-state index contributed by atoms with van der Waals surface area (Å²) < 4.78 is 24.4. The number of thiazole rings is 1. The molecule has 2 aromatic heterocycles. The molecule has 3 fully saturated rings. The first-order valence-electron chi connectivity index (χ1n) is 10.4. The van der Waals surface area contributed by atoms with Crippen LogP contribution < -0.4 is 10.6 Å². The molecule has 3 aliphatic heterocycles. The van der Waals surface area contributed by atoms with Crippen LogP contribution in [0.15, 0.2) is 12.3 Å². The van der Waals surface area contributed by atoms with E-state index < -0.39 is 5.95 Å². The summed E-state index contributed by atoms with van der Waals surface area (Å²) in [5.74, 6) is -0.544. The van der Waals surface area contributed by atoms with Crippen LogP contribution in [-0.4, -0.2) is 85.7 Å². The van der Waals surface area contributed by atoms with Crippen LogP contribution in [0.3, 0.4) is 0 Å². The molecular formula is C20H30FN5O4S. The zero-order valence-electron chi connectivity index (χ0n) is 17.7. The number of rotatable bonds is 1. The van der Waals surface area contributed by atoms with Crippen molar-refractivity contribution in [2.24, 2.45) is 5.41 Å². The third kappa shape index (κ3) is 6.53. The molecule has 5 heterocycles. The van der Waals surface area contributed by atoms with Crippen molar-refractivity contribution < 1.29 is 23.8 Å². The Hall–Kier alpha value is -1.92. The number of nitrogens with one attached hydrogen (secondary N) is 2. The molecule has 11 heteroatoms. The molecular weight excluding hydrogens is 425 g/mol. The summed E-state index contributed by atoms with van der Waals surface area (Å²) in [6.07, 6.45) is 4.53. The van der Waals surface area contributed by atoms with Crippen molar-refractivity contribution in [2.75, 3.05) is 65.0 Å². The van der Waals surface area contributed by atoms with Crippen LogP contribution in [0.4, 0.5) is 14.3 Å². The van der Waals surface area contributed by atoms with Gasteiger partial charge in [-0.25, -0.2) is 14.8 Å². The number of amides is 2. The van der Waals surface area contributed by atoms with E-state index in [1.54, 1.807) is 0 Å². The van der Waals surface area contributed by atoms with Gasteiger partial charge < -0.3 is 24.8 Å². The fourth-order valence-electron chi connectivity index (χ4n) is 3.89. The van der Waals surface area contributed by atoms with Gasteiger partial charge in [0.15, 0.2) is 5.13 Å². The summed E-state index contributed by atoms with van der Waals surface area (Å²) in [5.41, 5.74) is 0.709. The van der Waals surface area contributed by atoms with Crippen molar-refractivity contribution >= 4 is 32.7 Å². The smallest absolute Gasteiger partial charge is 0.323 e. The molecule has 1 atom stereocenters. The van der Waals surface area contributed by atoms with Gasteiger partial charge in [0, 0.05) is 51.4 Å². The Morgan fingerprint density at radius 2 is 2.10 bits per heavy atom. The summed E-state index contributed by atoms with van der Waals surface area (Å²) >= 11 is 1.25. The number of aliphatic hydroxyl groups excluding tert-OH is 1. The van der Waals surface area contributed by atoms with Gasteiger partial charge in [-0.3, -0.25) is 5.32 Å². The molecule has 2 aromatic rings. The standard InChI is InChI=1S/C15H17FN4O2S.C4H9NO.CH4O/c16-12-6-11-10(7-17-12)18-13(23-11)19-14(21)20-4-3-15(8-20)2-1-5-22-9-15;1-3-6-4-2-5-1;1-2/h6-7H,1-5,8-9H2,(H,18,19,21);5H,1-4H2;2H,1H3/t15-;;/m1../s1. The van der Waals surface area contributed by atoms with E-state index in [1.807, 2.05) is 4.90 Å². The number of hydrogen-bond donors (Lipinski definition) is 3. The van der Waals surface area contributed by atoms with Gasteiger partial charge in [0.05, 0.1) is 30.7 Å². The van der Waals surface area contributed by atoms with Gasteiger partial charge in [-0.1, -0.05) is 11.3 Å².